The van der Waals surface area contributed by atoms with Gasteiger partial charge in [-0.1, -0.05) is 6.92 Å². The third kappa shape index (κ3) is 4.32. The van der Waals surface area contributed by atoms with Crippen LogP contribution < -0.4 is 0 Å². The van der Waals surface area contributed by atoms with E-state index < -0.39 is 12.1 Å². The number of carbonyl (C=O) groups excluding carboxylic acids is 2. The Labute approximate surface area is 157 Å². The lowest BCUT2D eigenvalue weighted by Crippen LogP contribution is -2.44. The Hall–Kier alpha value is -2.77. The molecule has 2 heterocycles. The zero-order chi connectivity index (χ0) is 19.6. The van der Waals surface area contributed by atoms with Gasteiger partial charge in [0.05, 0.1) is 5.69 Å². The van der Waals surface area contributed by atoms with Crippen molar-refractivity contribution < 1.29 is 18.7 Å². The molecule has 0 saturated carbocycles. The molecule has 0 bridgehead atoms. The molecule has 144 valence electrons. The molecule has 7 nitrogen and oxygen atoms in total. The minimum atomic E-state index is -0.899. The van der Waals surface area contributed by atoms with Gasteiger partial charge in [0.25, 0.3) is 11.7 Å². The summed E-state index contributed by atoms with van der Waals surface area (Å²) in [6.07, 6.45) is 1.01. The van der Waals surface area contributed by atoms with E-state index in [1.807, 2.05) is 0 Å². The van der Waals surface area contributed by atoms with Gasteiger partial charge in [0.2, 0.25) is 0 Å². The van der Waals surface area contributed by atoms with E-state index in [9.17, 15) is 14.0 Å². The van der Waals surface area contributed by atoms with Gasteiger partial charge in [-0.25, -0.2) is 18.9 Å². The first-order chi connectivity index (χ1) is 12.8. The highest BCUT2D eigenvalue weighted by Crippen LogP contribution is 2.17. The van der Waals surface area contributed by atoms with Crippen molar-refractivity contribution in [2.24, 2.45) is 5.92 Å². The lowest BCUT2D eigenvalue weighted by atomic mass is 9.99. The molecule has 0 N–H and O–H groups in total. The van der Waals surface area contributed by atoms with Crippen molar-refractivity contribution in [3.63, 3.8) is 0 Å². The van der Waals surface area contributed by atoms with Gasteiger partial charge in [-0.2, -0.15) is 0 Å². The molecule has 1 saturated heterocycles. The first-order valence-corrected chi connectivity index (χ1v) is 9.04. The number of esters is 1. The van der Waals surface area contributed by atoms with Crippen molar-refractivity contribution in [3.05, 3.63) is 41.7 Å². The van der Waals surface area contributed by atoms with E-state index in [2.05, 4.69) is 17.0 Å². The molecule has 1 aliphatic heterocycles. The first kappa shape index (κ1) is 19.0. The number of rotatable bonds is 4. The second kappa shape index (κ2) is 7.85. The van der Waals surface area contributed by atoms with Gasteiger partial charge < -0.3 is 9.64 Å². The lowest BCUT2D eigenvalue weighted by Gasteiger charge is -2.31. The van der Waals surface area contributed by atoms with Crippen molar-refractivity contribution in [1.82, 2.24) is 19.7 Å². The summed E-state index contributed by atoms with van der Waals surface area (Å²) < 4.78 is 19.8. The number of aryl methyl sites for hydroxylation is 1. The van der Waals surface area contributed by atoms with Crippen LogP contribution in [0.4, 0.5) is 4.39 Å². The van der Waals surface area contributed by atoms with E-state index >= 15 is 0 Å². The SMILES string of the molecule is Cc1nc(C(=O)O[C@@H](C)C(=O)N2CCC(C)CC2)nn1-c1ccc(F)cc1. The number of likely N-dealkylation sites (tertiary alicyclic amines) is 1. The van der Waals surface area contributed by atoms with Gasteiger partial charge in [0.1, 0.15) is 11.6 Å². The summed E-state index contributed by atoms with van der Waals surface area (Å²) in [4.78, 5) is 30.7. The highest BCUT2D eigenvalue weighted by Gasteiger charge is 2.28. The summed E-state index contributed by atoms with van der Waals surface area (Å²) in [7, 11) is 0. The summed E-state index contributed by atoms with van der Waals surface area (Å²) in [5.74, 6) is -0.401. The van der Waals surface area contributed by atoms with Crippen LogP contribution >= 0.6 is 0 Å². The highest BCUT2D eigenvalue weighted by atomic mass is 19.1. The zero-order valence-corrected chi connectivity index (χ0v) is 15.7. The van der Waals surface area contributed by atoms with Crippen molar-refractivity contribution in [1.29, 1.82) is 0 Å². The van der Waals surface area contributed by atoms with Gasteiger partial charge in [-0.15, -0.1) is 5.10 Å². The maximum atomic E-state index is 13.1. The number of halogens is 1. The Morgan fingerprint density at radius 1 is 1.22 bits per heavy atom. The fourth-order valence-electron chi connectivity index (χ4n) is 3.05. The highest BCUT2D eigenvalue weighted by molar-refractivity contribution is 5.89. The smallest absolute Gasteiger partial charge is 0.379 e. The number of hydrogen-bond donors (Lipinski definition) is 0. The molecule has 8 heteroatoms. The molecule has 0 radical (unpaired) electrons. The monoisotopic (exact) mass is 374 g/mol. The molecule has 1 aliphatic rings. The molecule has 1 aromatic heterocycles. The molecule has 0 aliphatic carbocycles. The molecule has 1 atom stereocenters. The average molecular weight is 374 g/mol. The van der Waals surface area contributed by atoms with Crippen LogP contribution in [0.5, 0.6) is 0 Å². The fourth-order valence-corrected chi connectivity index (χ4v) is 3.05. The van der Waals surface area contributed by atoms with Gasteiger partial charge in [-0.05, 0) is 56.9 Å². The summed E-state index contributed by atoms with van der Waals surface area (Å²) in [6.45, 7) is 6.76. The van der Waals surface area contributed by atoms with Crippen LogP contribution in [0.3, 0.4) is 0 Å². The van der Waals surface area contributed by atoms with E-state index in [-0.39, 0.29) is 17.5 Å². The third-order valence-electron chi connectivity index (χ3n) is 4.75. The van der Waals surface area contributed by atoms with E-state index in [1.54, 1.807) is 18.7 Å². The van der Waals surface area contributed by atoms with E-state index in [0.717, 1.165) is 12.8 Å². The molecule has 27 heavy (non-hydrogen) atoms. The molecular formula is C19H23FN4O3. The molecular weight excluding hydrogens is 351 g/mol. The number of ether oxygens (including phenoxy) is 1. The minimum Gasteiger partial charge on any atom is -0.447 e. The molecule has 0 unspecified atom stereocenters. The Bertz CT molecular complexity index is 826. The van der Waals surface area contributed by atoms with E-state index in [4.69, 9.17) is 4.74 Å². The predicted octanol–water partition coefficient (Wildman–Crippen LogP) is 2.52. The minimum absolute atomic E-state index is 0.135. The Balaban J connectivity index is 1.66. The average Bonchev–Trinajstić information content (AvgIpc) is 3.04. The molecule has 1 fully saturated rings. The molecule has 1 amide bonds. The van der Waals surface area contributed by atoms with Gasteiger partial charge >= 0.3 is 5.97 Å². The number of benzene rings is 1. The number of amides is 1. The topological polar surface area (TPSA) is 77.3 Å². The first-order valence-electron chi connectivity index (χ1n) is 9.04. The van der Waals surface area contributed by atoms with Gasteiger partial charge in [0, 0.05) is 13.1 Å². The summed E-state index contributed by atoms with van der Waals surface area (Å²) in [6, 6.07) is 5.68. The molecule has 3 rings (SSSR count). The lowest BCUT2D eigenvalue weighted by molar-refractivity contribution is -0.141. The maximum Gasteiger partial charge on any atom is 0.379 e. The van der Waals surface area contributed by atoms with Gasteiger partial charge in [0.15, 0.2) is 6.10 Å². The Kier molecular flexibility index (Phi) is 5.53. The van der Waals surface area contributed by atoms with E-state index in [0.29, 0.717) is 30.5 Å². The van der Waals surface area contributed by atoms with Crippen LogP contribution in [-0.4, -0.2) is 50.7 Å². The quantitative estimate of drug-likeness (QED) is 0.769. The second-order valence-corrected chi connectivity index (χ2v) is 6.93. The standard InChI is InChI=1S/C19H23FN4O3/c1-12-8-10-23(11-9-12)18(25)13(2)27-19(26)17-21-14(3)24(22-17)16-6-4-15(20)5-7-16/h4-7,12-13H,8-11H2,1-3H3/t13-/m0/s1. The second-order valence-electron chi connectivity index (χ2n) is 6.93. The van der Waals surface area contributed by atoms with Crippen LogP contribution in [-0.2, 0) is 9.53 Å². The van der Waals surface area contributed by atoms with Crippen molar-refractivity contribution in [3.8, 4) is 5.69 Å². The van der Waals surface area contributed by atoms with Crippen LogP contribution in [0.15, 0.2) is 24.3 Å². The molecule has 0 spiro atoms. The van der Waals surface area contributed by atoms with Crippen molar-refractivity contribution >= 4 is 11.9 Å². The predicted molar refractivity (Wildman–Crippen MR) is 95.9 cm³/mol. The summed E-state index contributed by atoms with van der Waals surface area (Å²) >= 11 is 0. The number of hydrogen-bond acceptors (Lipinski definition) is 5. The summed E-state index contributed by atoms with van der Waals surface area (Å²) in [5, 5.41) is 4.13. The number of carbonyl (C=O) groups is 2. The zero-order valence-electron chi connectivity index (χ0n) is 15.7. The van der Waals surface area contributed by atoms with Crippen LogP contribution in [0, 0.1) is 18.7 Å². The molecule has 2 aromatic rings. The third-order valence-corrected chi connectivity index (χ3v) is 4.75. The summed E-state index contributed by atoms with van der Waals surface area (Å²) in [5.41, 5.74) is 0.576. The van der Waals surface area contributed by atoms with Crippen molar-refractivity contribution in [2.75, 3.05) is 13.1 Å². The van der Waals surface area contributed by atoms with E-state index in [1.165, 1.54) is 28.9 Å². The Morgan fingerprint density at radius 3 is 2.48 bits per heavy atom. The number of piperidine rings is 1. The largest absolute Gasteiger partial charge is 0.447 e. The number of nitrogens with zero attached hydrogens (tertiary/aromatic N) is 4. The fraction of sp³-hybridized carbons (Fsp3) is 0.474. The number of aromatic nitrogens is 3. The molecule has 1 aromatic carbocycles. The van der Waals surface area contributed by atoms with Crippen LogP contribution in [0.25, 0.3) is 5.69 Å². The van der Waals surface area contributed by atoms with Crippen LogP contribution in [0.2, 0.25) is 0 Å². The van der Waals surface area contributed by atoms with Crippen molar-refractivity contribution in [2.45, 2.75) is 39.7 Å². The Morgan fingerprint density at radius 2 is 1.85 bits per heavy atom. The maximum absolute atomic E-state index is 13.1. The van der Waals surface area contributed by atoms with Gasteiger partial charge in [-0.3, -0.25) is 4.79 Å². The van der Waals surface area contributed by atoms with Crippen LogP contribution in [0.1, 0.15) is 43.1 Å². The normalized spacial score (nSPS) is 16.2.